The van der Waals surface area contributed by atoms with Crippen molar-refractivity contribution in [3.63, 3.8) is 0 Å². The Labute approximate surface area is 124 Å². The van der Waals surface area contributed by atoms with Gasteiger partial charge in [0.15, 0.2) is 0 Å². The maximum absolute atomic E-state index is 4.77. The number of fused-ring (bicyclic) bond motifs is 1. The Morgan fingerprint density at radius 1 is 1.05 bits per heavy atom. The van der Waals surface area contributed by atoms with Crippen LogP contribution in [0.3, 0.4) is 0 Å². The molecule has 5 nitrogen and oxygen atoms in total. The molecule has 2 saturated heterocycles. The molecular formula is C16H22N4O. The lowest BCUT2D eigenvalue weighted by atomic mass is 10.0. The molecule has 4 rings (SSSR count). The molecule has 2 aliphatic rings. The summed E-state index contributed by atoms with van der Waals surface area (Å²) in [6, 6.07) is 7.01. The van der Waals surface area contributed by atoms with Gasteiger partial charge in [0.1, 0.15) is 11.0 Å². The van der Waals surface area contributed by atoms with E-state index in [0.29, 0.717) is 0 Å². The smallest absolute Gasteiger partial charge is 0.135 e. The average molecular weight is 286 g/mol. The molecule has 0 N–H and O–H groups in total. The molecule has 1 atom stereocenters. The predicted octanol–water partition coefficient (Wildman–Crippen LogP) is 2.28. The van der Waals surface area contributed by atoms with Gasteiger partial charge >= 0.3 is 0 Å². The largest absolute Gasteiger partial charge is 0.299 e. The molecular weight excluding hydrogens is 264 g/mol. The predicted molar refractivity (Wildman–Crippen MR) is 80.9 cm³/mol. The highest BCUT2D eigenvalue weighted by Gasteiger charge is 2.26. The molecule has 0 saturated carbocycles. The fraction of sp³-hybridized carbons (Fsp3) is 0.625. The molecule has 0 aliphatic carbocycles. The summed E-state index contributed by atoms with van der Waals surface area (Å²) in [6.07, 6.45) is 5.44. The van der Waals surface area contributed by atoms with E-state index < -0.39 is 0 Å². The number of benzene rings is 1. The normalized spacial score (nSPS) is 24.9. The molecule has 112 valence electrons. The molecule has 0 spiro atoms. The first-order chi connectivity index (χ1) is 10.4. The summed E-state index contributed by atoms with van der Waals surface area (Å²) in [5.74, 6) is 0. The van der Waals surface area contributed by atoms with E-state index in [1.54, 1.807) is 0 Å². The van der Waals surface area contributed by atoms with Gasteiger partial charge in [-0.3, -0.25) is 9.80 Å². The lowest BCUT2D eigenvalue weighted by Crippen LogP contribution is -2.46. The first kappa shape index (κ1) is 13.2. The van der Waals surface area contributed by atoms with Crippen molar-refractivity contribution >= 4 is 11.0 Å². The van der Waals surface area contributed by atoms with Crippen LogP contribution in [0.25, 0.3) is 11.0 Å². The molecule has 1 aromatic carbocycles. The van der Waals surface area contributed by atoms with Gasteiger partial charge in [0.05, 0.1) is 0 Å². The maximum Gasteiger partial charge on any atom is 0.135 e. The van der Waals surface area contributed by atoms with E-state index in [1.807, 2.05) is 6.07 Å². The molecule has 2 aliphatic heterocycles. The van der Waals surface area contributed by atoms with Crippen LogP contribution in [0.2, 0.25) is 0 Å². The molecule has 2 fully saturated rings. The van der Waals surface area contributed by atoms with Gasteiger partial charge in [-0.2, -0.15) is 0 Å². The van der Waals surface area contributed by atoms with Crippen molar-refractivity contribution in [1.82, 2.24) is 20.1 Å². The Balaban J connectivity index is 1.43. The number of piperidine rings is 1. The standard InChI is InChI=1S/C16H22N4O/c1-2-9-20(8-1)14-4-3-7-19(12-14)11-13-5-6-15-16(10-13)18-21-17-15/h5-6,10,14H,1-4,7-9,11-12H2. The Hall–Kier alpha value is -1.46. The second kappa shape index (κ2) is 5.73. The minimum Gasteiger partial charge on any atom is -0.299 e. The van der Waals surface area contributed by atoms with Gasteiger partial charge in [0, 0.05) is 19.1 Å². The first-order valence-corrected chi connectivity index (χ1v) is 8.06. The van der Waals surface area contributed by atoms with Crippen LogP contribution in [-0.4, -0.2) is 52.3 Å². The van der Waals surface area contributed by atoms with Gasteiger partial charge in [-0.15, -0.1) is 0 Å². The summed E-state index contributed by atoms with van der Waals surface area (Å²) in [7, 11) is 0. The van der Waals surface area contributed by atoms with Crippen molar-refractivity contribution in [3.8, 4) is 0 Å². The summed E-state index contributed by atoms with van der Waals surface area (Å²) < 4.78 is 4.77. The van der Waals surface area contributed by atoms with E-state index in [9.17, 15) is 0 Å². The Morgan fingerprint density at radius 3 is 2.81 bits per heavy atom. The summed E-state index contributed by atoms with van der Waals surface area (Å²) in [5.41, 5.74) is 3.01. The zero-order valence-electron chi connectivity index (χ0n) is 12.4. The van der Waals surface area contributed by atoms with Crippen molar-refractivity contribution in [2.45, 2.75) is 38.3 Å². The van der Waals surface area contributed by atoms with E-state index in [1.165, 1.54) is 57.4 Å². The minimum absolute atomic E-state index is 0.763. The molecule has 0 amide bonds. The second-order valence-corrected chi connectivity index (χ2v) is 6.36. The first-order valence-electron chi connectivity index (χ1n) is 8.06. The van der Waals surface area contributed by atoms with Crippen molar-refractivity contribution in [3.05, 3.63) is 23.8 Å². The van der Waals surface area contributed by atoms with Crippen LogP contribution in [0.4, 0.5) is 0 Å². The van der Waals surface area contributed by atoms with E-state index >= 15 is 0 Å². The highest BCUT2D eigenvalue weighted by molar-refractivity contribution is 5.73. The average Bonchev–Trinajstić information content (AvgIpc) is 3.18. The quantitative estimate of drug-likeness (QED) is 0.866. The molecule has 1 aromatic heterocycles. The lowest BCUT2D eigenvalue weighted by molar-refractivity contribution is 0.110. The highest BCUT2D eigenvalue weighted by Crippen LogP contribution is 2.22. The topological polar surface area (TPSA) is 45.4 Å². The van der Waals surface area contributed by atoms with E-state index in [0.717, 1.165) is 23.6 Å². The van der Waals surface area contributed by atoms with Gasteiger partial charge in [-0.1, -0.05) is 6.07 Å². The fourth-order valence-corrected chi connectivity index (χ4v) is 3.76. The van der Waals surface area contributed by atoms with Crippen LogP contribution >= 0.6 is 0 Å². The van der Waals surface area contributed by atoms with Gasteiger partial charge in [-0.05, 0) is 73.3 Å². The summed E-state index contributed by atoms with van der Waals surface area (Å²) >= 11 is 0. The van der Waals surface area contributed by atoms with Gasteiger partial charge in [0.2, 0.25) is 0 Å². The number of likely N-dealkylation sites (tertiary alicyclic amines) is 2. The highest BCUT2D eigenvalue weighted by atomic mass is 16.6. The van der Waals surface area contributed by atoms with Crippen LogP contribution in [0.1, 0.15) is 31.2 Å². The van der Waals surface area contributed by atoms with Gasteiger partial charge in [-0.25, -0.2) is 4.63 Å². The summed E-state index contributed by atoms with van der Waals surface area (Å²) in [6.45, 7) is 6.02. The van der Waals surface area contributed by atoms with E-state index in [-0.39, 0.29) is 0 Å². The van der Waals surface area contributed by atoms with Crippen molar-refractivity contribution in [2.24, 2.45) is 0 Å². The van der Waals surface area contributed by atoms with Crippen LogP contribution in [0.15, 0.2) is 22.8 Å². The van der Waals surface area contributed by atoms with Crippen LogP contribution in [0.5, 0.6) is 0 Å². The molecule has 1 unspecified atom stereocenters. The second-order valence-electron chi connectivity index (χ2n) is 6.36. The van der Waals surface area contributed by atoms with Gasteiger partial charge < -0.3 is 0 Å². The number of rotatable bonds is 3. The molecule has 0 bridgehead atoms. The SMILES string of the molecule is c1cc2nonc2cc1CN1CCCC(N2CCCC2)C1. The van der Waals surface area contributed by atoms with Crippen molar-refractivity contribution < 1.29 is 4.63 Å². The maximum atomic E-state index is 4.77. The fourth-order valence-electron chi connectivity index (χ4n) is 3.76. The number of hydrogen-bond acceptors (Lipinski definition) is 5. The molecule has 3 heterocycles. The Morgan fingerprint density at radius 2 is 1.90 bits per heavy atom. The molecule has 5 heteroatoms. The molecule has 0 radical (unpaired) electrons. The minimum atomic E-state index is 0.763. The zero-order chi connectivity index (χ0) is 14.1. The van der Waals surface area contributed by atoms with E-state index in [2.05, 4.69) is 32.2 Å². The van der Waals surface area contributed by atoms with Crippen molar-refractivity contribution in [1.29, 1.82) is 0 Å². The monoisotopic (exact) mass is 286 g/mol. The molecule has 21 heavy (non-hydrogen) atoms. The Kier molecular flexibility index (Phi) is 3.61. The number of hydrogen-bond donors (Lipinski definition) is 0. The van der Waals surface area contributed by atoms with Crippen LogP contribution in [0, 0.1) is 0 Å². The third kappa shape index (κ3) is 2.80. The number of aromatic nitrogens is 2. The summed E-state index contributed by atoms with van der Waals surface area (Å²) in [5, 5.41) is 7.80. The van der Waals surface area contributed by atoms with Crippen LogP contribution in [-0.2, 0) is 6.54 Å². The summed E-state index contributed by atoms with van der Waals surface area (Å²) in [4.78, 5) is 5.28. The lowest BCUT2D eigenvalue weighted by Gasteiger charge is -2.37. The molecule has 2 aromatic rings. The zero-order valence-corrected chi connectivity index (χ0v) is 12.4. The van der Waals surface area contributed by atoms with Gasteiger partial charge in [0.25, 0.3) is 0 Å². The Bertz CT molecular complexity index is 605. The van der Waals surface area contributed by atoms with Crippen molar-refractivity contribution in [2.75, 3.05) is 26.2 Å². The van der Waals surface area contributed by atoms with E-state index in [4.69, 9.17) is 4.63 Å². The third-order valence-electron chi connectivity index (χ3n) is 4.86. The van der Waals surface area contributed by atoms with Crippen LogP contribution < -0.4 is 0 Å². The third-order valence-corrected chi connectivity index (χ3v) is 4.86. The number of nitrogens with zero attached hydrogens (tertiary/aromatic N) is 4.